The number of aliphatic hydroxyl groups is 2. The van der Waals surface area contributed by atoms with Crippen LogP contribution in [0.3, 0.4) is 0 Å². The zero-order valence-corrected chi connectivity index (χ0v) is 16.4. The first-order valence-corrected chi connectivity index (χ1v) is 10.5. The van der Waals surface area contributed by atoms with Gasteiger partial charge in [-0.05, 0) is 61.2 Å². The van der Waals surface area contributed by atoms with Gasteiger partial charge in [0.2, 0.25) is 0 Å². The summed E-state index contributed by atoms with van der Waals surface area (Å²) in [6.07, 6.45) is 10.3. The lowest BCUT2D eigenvalue weighted by molar-refractivity contribution is -0.0542. The highest BCUT2D eigenvalue weighted by atomic mass is 16.3. The van der Waals surface area contributed by atoms with Gasteiger partial charge in [0, 0.05) is 18.3 Å². The van der Waals surface area contributed by atoms with Crippen LogP contribution >= 0.6 is 0 Å². The number of hydrogen-bond donors (Lipinski definition) is 2. The third-order valence-corrected chi connectivity index (χ3v) is 8.82. The van der Waals surface area contributed by atoms with Crippen LogP contribution < -0.4 is 0 Å². The second-order valence-corrected chi connectivity index (χ2v) is 9.92. The summed E-state index contributed by atoms with van der Waals surface area (Å²) in [5, 5.41) is 30.2. The molecular formula is C23H33NO2. The molecular weight excluding hydrogens is 322 g/mol. The number of nitriles is 1. The molecule has 3 nitrogen and oxygen atoms in total. The van der Waals surface area contributed by atoms with E-state index in [4.69, 9.17) is 5.26 Å². The normalized spacial score (nSPS) is 48.4. The van der Waals surface area contributed by atoms with Crippen molar-refractivity contribution in [2.24, 2.45) is 34.5 Å². The van der Waals surface area contributed by atoms with Crippen molar-refractivity contribution in [3.63, 3.8) is 0 Å². The highest BCUT2D eigenvalue weighted by molar-refractivity contribution is 5.40. The first-order valence-electron chi connectivity index (χ1n) is 10.5. The summed E-state index contributed by atoms with van der Waals surface area (Å²) in [5.41, 5.74) is 2.88. The molecule has 142 valence electrons. The minimum atomic E-state index is -0.453. The number of hydrogen-bond acceptors (Lipinski definition) is 3. The van der Waals surface area contributed by atoms with Crippen molar-refractivity contribution in [1.29, 1.82) is 5.26 Å². The van der Waals surface area contributed by atoms with Gasteiger partial charge in [0.15, 0.2) is 0 Å². The lowest BCUT2D eigenvalue weighted by Crippen LogP contribution is -2.52. The van der Waals surface area contributed by atoms with Crippen molar-refractivity contribution in [3.8, 4) is 6.07 Å². The topological polar surface area (TPSA) is 64.2 Å². The number of aliphatic hydroxyl groups excluding tert-OH is 2. The van der Waals surface area contributed by atoms with Crippen LogP contribution in [0.5, 0.6) is 0 Å². The van der Waals surface area contributed by atoms with Crippen LogP contribution in [-0.4, -0.2) is 22.4 Å². The van der Waals surface area contributed by atoms with Gasteiger partial charge in [0.05, 0.1) is 18.3 Å². The summed E-state index contributed by atoms with van der Waals surface area (Å²) in [6.45, 7) is 6.96. The minimum absolute atomic E-state index is 0.207. The van der Waals surface area contributed by atoms with Crippen molar-refractivity contribution >= 4 is 0 Å². The monoisotopic (exact) mass is 355 g/mol. The van der Waals surface area contributed by atoms with Crippen molar-refractivity contribution in [2.45, 2.75) is 77.9 Å². The van der Waals surface area contributed by atoms with Gasteiger partial charge in [-0.2, -0.15) is 5.26 Å². The second-order valence-electron chi connectivity index (χ2n) is 9.92. The van der Waals surface area contributed by atoms with E-state index in [9.17, 15) is 10.2 Å². The van der Waals surface area contributed by atoms with Gasteiger partial charge in [-0.25, -0.2) is 0 Å². The Kier molecular flexibility index (Phi) is 4.36. The number of nitrogens with zero attached hydrogens (tertiary/aromatic N) is 1. The molecule has 3 heteroatoms. The molecule has 0 heterocycles. The van der Waals surface area contributed by atoms with E-state index in [0.29, 0.717) is 48.3 Å². The molecule has 0 amide bonds. The number of rotatable bonds is 2. The summed E-state index contributed by atoms with van der Waals surface area (Å²) in [4.78, 5) is 0. The van der Waals surface area contributed by atoms with E-state index in [0.717, 1.165) is 6.42 Å². The fourth-order valence-electron chi connectivity index (χ4n) is 7.31. The zero-order valence-electron chi connectivity index (χ0n) is 16.4. The zero-order chi connectivity index (χ0) is 18.7. The molecule has 3 saturated carbocycles. The van der Waals surface area contributed by atoms with E-state index in [-0.39, 0.29) is 5.41 Å². The van der Waals surface area contributed by atoms with Crippen LogP contribution in [0.15, 0.2) is 23.3 Å². The first kappa shape index (κ1) is 18.3. The van der Waals surface area contributed by atoms with E-state index in [2.05, 4.69) is 39.0 Å². The van der Waals surface area contributed by atoms with Crippen molar-refractivity contribution in [1.82, 2.24) is 0 Å². The maximum Gasteiger partial charge on any atom is 0.0661 e. The van der Waals surface area contributed by atoms with Crippen LogP contribution in [-0.2, 0) is 0 Å². The molecule has 0 radical (unpaired) electrons. The molecule has 0 bridgehead atoms. The molecule has 3 fully saturated rings. The van der Waals surface area contributed by atoms with Crippen molar-refractivity contribution < 1.29 is 10.2 Å². The van der Waals surface area contributed by atoms with Gasteiger partial charge in [-0.3, -0.25) is 0 Å². The van der Waals surface area contributed by atoms with Crippen LogP contribution in [0.2, 0.25) is 0 Å². The Hall–Kier alpha value is -1.11. The Morgan fingerprint density at radius 2 is 1.96 bits per heavy atom. The highest BCUT2D eigenvalue weighted by Gasteiger charge is 2.58. The standard InChI is InChI=1S/C23H33NO2/c1-14(9-11-24)18-6-7-19-17-5-4-15-12-16(25)13-21(26)23(15,3)20(17)8-10-22(18,19)2/h4-5,14,16,18-21,25-26H,6-10,12-13H2,1-3H3/t14-,16-,18-,19+,20+,21+,22-,23+/m1/s1. The van der Waals surface area contributed by atoms with E-state index < -0.39 is 12.2 Å². The third-order valence-electron chi connectivity index (χ3n) is 8.82. The molecule has 4 rings (SSSR count). The molecule has 0 aliphatic heterocycles. The van der Waals surface area contributed by atoms with Crippen LogP contribution in [0.1, 0.15) is 65.7 Å². The first-order chi connectivity index (χ1) is 12.3. The average molecular weight is 356 g/mol. The average Bonchev–Trinajstić information content (AvgIpc) is 2.94. The number of allylic oxidation sites excluding steroid dienone is 3. The smallest absolute Gasteiger partial charge is 0.0661 e. The molecule has 0 unspecified atom stereocenters. The molecule has 4 aliphatic carbocycles. The number of fused-ring (bicyclic) bond motifs is 5. The molecule has 0 aromatic carbocycles. The largest absolute Gasteiger partial charge is 0.393 e. The molecule has 0 spiro atoms. The fourth-order valence-corrected chi connectivity index (χ4v) is 7.31. The lowest BCUT2D eigenvalue weighted by Gasteiger charge is -2.56. The van der Waals surface area contributed by atoms with E-state index in [1.807, 2.05) is 0 Å². The Morgan fingerprint density at radius 1 is 1.19 bits per heavy atom. The maximum absolute atomic E-state index is 10.9. The fraction of sp³-hybridized carbons (Fsp3) is 0.783. The van der Waals surface area contributed by atoms with Crippen LogP contribution in [0.4, 0.5) is 0 Å². The summed E-state index contributed by atoms with van der Waals surface area (Å²) in [6, 6.07) is 2.39. The van der Waals surface area contributed by atoms with Crippen LogP contribution in [0, 0.1) is 45.8 Å². The Morgan fingerprint density at radius 3 is 2.69 bits per heavy atom. The second kappa shape index (κ2) is 6.21. The van der Waals surface area contributed by atoms with Gasteiger partial charge < -0.3 is 10.2 Å². The van der Waals surface area contributed by atoms with E-state index in [1.54, 1.807) is 5.57 Å². The SMILES string of the molecule is C[C@H](CC#N)[C@H]1CC[C@H]2C3=CC=C4C[C@@H](O)C[C@H](O)[C@]4(C)[C@H]3CC[C@]12C. The lowest BCUT2D eigenvalue weighted by atomic mass is 9.49. The van der Waals surface area contributed by atoms with E-state index >= 15 is 0 Å². The molecule has 0 aromatic rings. The van der Waals surface area contributed by atoms with Gasteiger partial charge in [-0.1, -0.05) is 44.1 Å². The molecule has 2 N–H and O–H groups in total. The summed E-state index contributed by atoms with van der Waals surface area (Å²) >= 11 is 0. The van der Waals surface area contributed by atoms with Crippen molar-refractivity contribution in [3.05, 3.63) is 23.3 Å². The van der Waals surface area contributed by atoms with Gasteiger partial charge in [-0.15, -0.1) is 0 Å². The Bertz CT molecular complexity index is 689. The maximum atomic E-state index is 10.9. The van der Waals surface area contributed by atoms with Crippen LogP contribution in [0.25, 0.3) is 0 Å². The molecule has 0 saturated heterocycles. The van der Waals surface area contributed by atoms with Gasteiger partial charge >= 0.3 is 0 Å². The summed E-state index contributed by atoms with van der Waals surface area (Å²) in [7, 11) is 0. The molecule has 0 aromatic heterocycles. The Balaban J connectivity index is 1.69. The Labute approximate surface area is 157 Å². The molecule has 26 heavy (non-hydrogen) atoms. The predicted octanol–water partition coefficient (Wildman–Crippen LogP) is 4.37. The third kappa shape index (κ3) is 2.38. The summed E-state index contributed by atoms with van der Waals surface area (Å²) in [5.74, 6) is 2.09. The van der Waals surface area contributed by atoms with Gasteiger partial charge in [0.1, 0.15) is 0 Å². The molecule has 8 atom stereocenters. The van der Waals surface area contributed by atoms with Gasteiger partial charge in [0.25, 0.3) is 0 Å². The highest BCUT2D eigenvalue weighted by Crippen LogP contribution is 2.66. The summed E-state index contributed by atoms with van der Waals surface area (Å²) < 4.78 is 0. The molecule has 4 aliphatic rings. The van der Waals surface area contributed by atoms with E-state index in [1.165, 1.54) is 24.8 Å². The minimum Gasteiger partial charge on any atom is -0.393 e. The predicted molar refractivity (Wildman–Crippen MR) is 102 cm³/mol. The van der Waals surface area contributed by atoms with Crippen molar-refractivity contribution in [2.75, 3.05) is 0 Å². The quantitative estimate of drug-likeness (QED) is 0.773.